The summed E-state index contributed by atoms with van der Waals surface area (Å²) in [5, 5.41) is 12.2. The molecule has 2 heterocycles. The molecule has 1 aromatic carbocycles. The summed E-state index contributed by atoms with van der Waals surface area (Å²) in [6.07, 6.45) is 0.661. The van der Waals surface area contributed by atoms with E-state index in [1.54, 1.807) is 0 Å². The quantitative estimate of drug-likeness (QED) is 0.290. The average molecular weight is 619 g/mol. The number of nitrogens with one attached hydrogen (secondary N) is 1. The van der Waals surface area contributed by atoms with Gasteiger partial charge in [-0.15, -0.1) is 10.2 Å². The maximum atomic E-state index is 12.3. The minimum absolute atomic E-state index is 0.131. The molecule has 2 aromatic rings. The molecule has 0 radical (unpaired) electrons. The first-order chi connectivity index (χ1) is 20.5. The average Bonchev–Trinajstić information content (AvgIpc) is 3.59. The fourth-order valence-electron chi connectivity index (χ4n) is 5.36. The summed E-state index contributed by atoms with van der Waals surface area (Å²) in [5.41, 5.74) is 0.178. The number of rotatable bonds is 11. The van der Waals surface area contributed by atoms with Crippen LogP contribution in [-0.2, 0) is 44.7 Å². The third-order valence-corrected chi connectivity index (χ3v) is 8.20. The largest absolute Gasteiger partial charge is 0.486 e. The second kappa shape index (κ2) is 14.7. The Morgan fingerprint density at radius 1 is 1.00 bits per heavy atom. The fraction of sp³-hybridized carbons (Fsp3) is 0.586. The van der Waals surface area contributed by atoms with Crippen molar-refractivity contribution in [1.82, 2.24) is 20.1 Å². The van der Waals surface area contributed by atoms with Gasteiger partial charge in [0.2, 0.25) is 5.91 Å². The molecular formula is C29H38N4O9S. The molecule has 1 amide bonds. The van der Waals surface area contributed by atoms with E-state index >= 15 is 0 Å². The first-order valence-electron chi connectivity index (χ1n) is 14.2. The standard InChI is InChI=1S/C29H38N4O9S/c1-16-9-8-12-22(13-16)39-15-24-31-32-29(33(24)21-10-6-7-11-21)43-28-25(30-17(2)34)27(41-20(5)37)26(40-19(4)36)23(42-28)14-38-18(3)35/h8-9,12-13,21,23,25-28H,6-7,10-11,14-15H2,1-5H3,(H,30,34)/t23-,25-,26-,27-,28-/m1/s1. The molecule has 0 spiro atoms. The van der Waals surface area contributed by atoms with Gasteiger partial charge in [-0.25, -0.2) is 0 Å². The van der Waals surface area contributed by atoms with Gasteiger partial charge in [0.05, 0.1) is 0 Å². The number of hydrogen-bond acceptors (Lipinski definition) is 12. The van der Waals surface area contributed by atoms with Gasteiger partial charge in [-0.2, -0.15) is 0 Å². The van der Waals surface area contributed by atoms with Gasteiger partial charge in [-0.1, -0.05) is 36.7 Å². The maximum Gasteiger partial charge on any atom is 0.303 e. The number of carbonyl (C=O) groups is 4. The summed E-state index contributed by atoms with van der Waals surface area (Å²) in [6.45, 7) is 6.87. The van der Waals surface area contributed by atoms with Crippen molar-refractivity contribution >= 4 is 35.6 Å². The Balaban J connectivity index is 1.68. The van der Waals surface area contributed by atoms with E-state index in [1.807, 2.05) is 35.8 Å². The molecule has 2 fully saturated rings. The number of amides is 1. The zero-order chi connectivity index (χ0) is 31.1. The molecule has 14 heteroatoms. The lowest BCUT2D eigenvalue weighted by atomic mass is 9.97. The van der Waals surface area contributed by atoms with Crippen LogP contribution in [0.25, 0.3) is 0 Å². The summed E-state index contributed by atoms with van der Waals surface area (Å²) in [4.78, 5) is 48.3. The van der Waals surface area contributed by atoms with Crippen molar-refractivity contribution in [2.75, 3.05) is 6.61 Å². The van der Waals surface area contributed by atoms with Crippen LogP contribution in [0.1, 0.15) is 70.8 Å². The first kappa shape index (κ1) is 32.3. The van der Waals surface area contributed by atoms with E-state index in [4.69, 9.17) is 23.7 Å². The highest BCUT2D eigenvalue weighted by molar-refractivity contribution is 7.99. The van der Waals surface area contributed by atoms with Crippen LogP contribution in [0.2, 0.25) is 0 Å². The zero-order valence-electron chi connectivity index (χ0n) is 24.9. The van der Waals surface area contributed by atoms with E-state index < -0.39 is 53.6 Å². The Morgan fingerprint density at radius 3 is 2.33 bits per heavy atom. The first-order valence-corrected chi connectivity index (χ1v) is 15.1. The van der Waals surface area contributed by atoms with Crippen LogP contribution in [0.15, 0.2) is 29.4 Å². The number of aromatic nitrogens is 3. The highest BCUT2D eigenvalue weighted by Gasteiger charge is 2.51. The van der Waals surface area contributed by atoms with Gasteiger partial charge in [0.15, 0.2) is 23.2 Å². The Morgan fingerprint density at radius 2 is 1.70 bits per heavy atom. The summed E-state index contributed by atoms with van der Waals surface area (Å²) in [5.74, 6) is -0.953. The number of hydrogen-bond donors (Lipinski definition) is 1. The Labute approximate surface area is 254 Å². The van der Waals surface area contributed by atoms with Crippen LogP contribution in [-0.4, -0.2) is 75.0 Å². The summed E-state index contributed by atoms with van der Waals surface area (Å²) in [6, 6.07) is 6.91. The predicted octanol–water partition coefficient (Wildman–Crippen LogP) is 3.03. The molecular weight excluding hydrogens is 580 g/mol. The molecule has 1 saturated heterocycles. The zero-order valence-corrected chi connectivity index (χ0v) is 25.8. The normalized spacial score (nSPS) is 23.8. The number of aryl methyl sites for hydroxylation is 1. The van der Waals surface area contributed by atoms with Crippen LogP contribution < -0.4 is 10.1 Å². The van der Waals surface area contributed by atoms with Crippen LogP contribution >= 0.6 is 11.8 Å². The molecule has 4 rings (SSSR count). The highest BCUT2D eigenvalue weighted by atomic mass is 32.2. The molecule has 1 aliphatic carbocycles. The lowest BCUT2D eigenvalue weighted by molar-refractivity contribution is -0.211. The molecule has 0 unspecified atom stereocenters. The van der Waals surface area contributed by atoms with E-state index in [2.05, 4.69) is 15.5 Å². The lowest BCUT2D eigenvalue weighted by Crippen LogP contribution is -2.65. The van der Waals surface area contributed by atoms with Crippen molar-refractivity contribution < 1.29 is 42.9 Å². The Hall–Kier alpha value is -3.65. The van der Waals surface area contributed by atoms with E-state index in [1.165, 1.54) is 39.5 Å². The second-order valence-corrected chi connectivity index (χ2v) is 11.7. The molecule has 1 N–H and O–H groups in total. The van der Waals surface area contributed by atoms with Gasteiger partial charge in [0.25, 0.3) is 0 Å². The molecule has 0 bridgehead atoms. The van der Waals surface area contributed by atoms with Gasteiger partial charge in [0, 0.05) is 33.7 Å². The van der Waals surface area contributed by atoms with E-state index in [0.29, 0.717) is 16.7 Å². The second-order valence-electron chi connectivity index (χ2n) is 10.7. The molecule has 2 aliphatic rings. The lowest BCUT2D eigenvalue weighted by Gasteiger charge is -2.44. The summed E-state index contributed by atoms with van der Waals surface area (Å²) in [7, 11) is 0. The minimum atomic E-state index is -1.17. The van der Waals surface area contributed by atoms with E-state index in [0.717, 1.165) is 31.2 Å². The third kappa shape index (κ3) is 8.69. The van der Waals surface area contributed by atoms with E-state index in [9.17, 15) is 19.2 Å². The van der Waals surface area contributed by atoms with Gasteiger partial charge < -0.3 is 29.0 Å². The number of esters is 3. The van der Waals surface area contributed by atoms with Gasteiger partial charge in [-0.3, -0.25) is 23.7 Å². The number of benzene rings is 1. The maximum absolute atomic E-state index is 12.3. The van der Waals surface area contributed by atoms with Crippen LogP contribution in [0.5, 0.6) is 5.75 Å². The summed E-state index contributed by atoms with van der Waals surface area (Å²) >= 11 is 1.19. The third-order valence-electron chi connectivity index (χ3n) is 7.08. The molecule has 1 aliphatic heterocycles. The van der Waals surface area contributed by atoms with Crippen molar-refractivity contribution in [2.24, 2.45) is 0 Å². The Bertz CT molecular complexity index is 1310. The monoisotopic (exact) mass is 618 g/mol. The summed E-state index contributed by atoms with van der Waals surface area (Å²) < 4.78 is 30.8. The SMILES string of the molecule is CC(=O)N[C@@H]1[C@@H](OC(C)=O)[C@H](OC(C)=O)[C@@H](COC(C)=O)O[C@@H]1Sc1nnc(COc2cccc(C)c2)n1C1CCCC1. The van der Waals surface area contributed by atoms with Crippen molar-refractivity contribution in [3.05, 3.63) is 35.7 Å². The van der Waals surface area contributed by atoms with E-state index in [-0.39, 0.29) is 19.3 Å². The number of thioether (sulfide) groups is 1. The number of carbonyl (C=O) groups excluding carboxylic acids is 4. The topological polar surface area (TPSA) is 157 Å². The Kier molecular flexibility index (Phi) is 11.0. The minimum Gasteiger partial charge on any atom is -0.486 e. The smallest absolute Gasteiger partial charge is 0.303 e. The molecule has 1 aromatic heterocycles. The molecule has 234 valence electrons. The van der Waals surface area contributed by atoms with Gasteiger partial charge in [0.1, 0.15) is 36.5 Å². The number of ether oxygens (including phenoxy) is 5. The highest BCUT2D eigenvalue weighted by Crippen LogP contribution is 2.39. The molecule has 13 nitrogen and oxygen atoms in total. The number of nitrogens with zero attached hydrogens (tertiary/aromatic N) is 3. The van der Waals surface area contributed by atoms with Crippen molar-refractivity contribution in [1.29, 1.82) is 0 Å². The van der Waals surface area contributed by atoms with Crippen LogP contribution in [0, 0.1) is 6.92 Å². The van der Waals surface area contributed by atoms with Gasteiger partial charge in [-0.05, 0) is 37.5 Å². The van der Waals surface area contributed by atoms with Crippen molar-refractivity contribution in [2.45, 2.75) is 108 Å². The molecule has 1 saturated carbocycles. The van der Waals surface area contributed by atoms with Crippen LogP contribution in [0.3, 0.4) is 0 Å². The molecule has 5 atom stereocenters. The van der Waals surface area contributed by atoms with Gasteiger partial charge >= 0.3 is 17.9 Å². The predicted molar refractivity (Wildman–Crippen MR) is 153 cm³/mol. The van der Waals surface area contributed by atoms with Crippen molar-refractivity contribution in [3.63, 3.8) is 0 Å². The van der Waals surface area contributed by atoms with Crippen LogP contribution in [0.4, 0.5) is 0 Å². The van der Waals surface area contributed by atoms with Crippen molar-refractivity contribution in [3.8, 4) is 5.75 Å². The molecule has 43 heavy (non-hydrogen) atoms. The fourth-order valence-corrected chi connectivity index (χ4v) is 6.60.